The van der Waals surface area contributed by atoms with Crippen molar-refractivity contribution in [2.45, 2.75) is 6.54 Å². The van der Waals surface area contributed by atoms with Gasteiger partial charge in [0.05, 0.1) is 24.8 Å². The Morgan fingerprint density at radius 2 is 2.36 bits per heavy atom. The molecule has 2 aromatic rings. The number of aromatic nitrogens is 5. The van der Waals surface area contributed by atoms with Crippen molar-refractivity contribution >= 4 is 0 Å². The second-order valence-corrected chi connectivity index (χ2v) is 2.87. The van der Waals surface area contributed by atoms with E-state index in [-0.39, 0.29) is 5.82 Å². The third-order valence-corrected chi connectivity index (χ3v) is 1.88. The number of nitrogens with zero attached hydrogens (tertiary/aromatic N) is 6. The molecule has 0 N–H and O–H groups in total. The molecule has 0 aliphatic rings. The molecule has 0 saturated heterocycles. The van der Waals surface area contributed by atoms with Crippen LogP contribution in [0, 0.1) is 11.3 Å². The fourth-order valence-corrected chi connectivity index (χ4v) is 1.12. The van der Waals surface area contributed by atoms with Gasteiger partial charge in [-0.05, 0) is 0 Å². The van der Waals surface area contributed by atoms with E-state index in [1.165, 1.54) is 6.33 Å². The van der Waals surface area contributed by atoms with Crippen LogP contribution >= 0.6 is 0 Å². The van der Waals surface area contributed by atoms with E-state index in [0.717, 1.165) is 5.69 Å². The first-order valence-electron chi connectivity index (χ1n) is 4.04. The molecule has 0 amide bonds. The first kappa shape index (κ1) is 8.44. The topological polar surface area (TPSA) is 72.3 Å². The number of aryl methyl sites for hydroxylation is 1. The van der Waals surface area contributed by atoms with E-state index in [1.807, 2.05) is 17.7 Å². The Labute approximate surface area is 80.4 Å². The lowest BCUT2D eigenvalue weighted by molar-refractivity contribution is 0.645. The van der Waals surface area contributed by atoms with Gasteiger partial charge in [-0.15, -0.1) is 5.10 Å². The number of nitriles is 1. The monoisotopic (exact) mass is 188 g/mol. The Morgan fingerprint density at radius 1 is 1.50 bits per heavy atom. The molecule has 6 nitrogen and oxygen atoms in total. The number of hydrogen-bond acceptors (Lipinski definition) is 4. The van der Waals surface area contributed by atoms with Crippen LogP contribution < -0.4 is 0 Å². The second-order valence-electron chi connectivity index (χ2n) is 2.87. The van der Waals surface area contributed by atoms with Crippen LogP contribution in [0.4, 0.5) is 0 Å². The standard InChI is InChI=1S/C8H8N6/c1-13-5-10-3-7(13)4-14-6-11-8(2-9)12-14/h3,5-6H,4H2,1H3. The Kier molecular flexibility index (Phi) is 1.99. The zero-order chi connectivity index (χ0) is 9.97. The van der Waals surface area contributed by atoms with Crippen LogP contribution in [0.15, 0.2) is 18.9 Å². The molecule has 0 aromatic carbocycles. The normalized spacial score (nSPS) is 10.0. The maximum Gasteiger partial charge on any atom is 0.252 e. The number of rotatable bonds is 2. The van der Waals surface area contributed by atoms with Crippen molar-refractivity contribution in [3.63, 3.8) is 0 Å². The van der Waals surface area contributed by atoms with Gasteiger partial charge in [0.2, 0.25) is 0 Å². The lowest BCUT2D eigenvalue weighted by Crippen LogP contribution is -2.04. The molecule has 0 radical (unpaired) electrons. The van der Waals surface area contributed by atoms with Gasteiger partial charge in [0, 0.05) is 7.05 Å². The van der Waals surface area contributed by atoms with E-state index in [2.05, 4.69) is 15.1 Å². The zero-order valence-electron chi connectivity index (χ0n) is 7.62. The number of imidazole rings is 1. The molecule has 0 fully saturated rings. The molecular formula is C8H8N6. The number of hydrogen-bond donors (Lipinski definition) is 0. The summed E-state index contributed by atoms with van der Waals surface area (Å²) in [6.07, 6.45) is 5.01. The maximum atomic E-state index is 8.53. The third kappa shape index (κ3) is 1.47. The Morgan fingerprint density at radius 3 is 2.93 bits per heavy atom. The molecule has 2 rings (SSSR count). The summed E-state index contributed by atoms with van der Waals surface area (Å²) in [5.41, 5.74) is 1.01. The molecule has 0 spiro atoms. The fraction of sp³-hybridized carbons (Fsp3) is 0.250. The minimum atomic E-state index is 0.187. The van der Waals surface area contributed by atoms with Crippen molar-refractivity contribution in [1.29, 1.82) is 5.26 Å². The minimum absolute atomic E-state index is 0.187. The zero-order valence-corrected chi connectivity index (χ0v) is 7.62. The van der Waals surface area contributed by atoms with Crippen LogP contribution in [-0.2, 0) is 13.6 Å². The summed E-state index contributed by atoms with van der Waals surface area (Å²) in [5, 5.41) is 12.5. The SMILES string of the molecule is Cn1cncc1Cn1cnc(C#N)n1. The summed E-state index contributed by atoms with van der Waals surface area (Å²) in [5.74, 6) is 0.187. The molecule has 2 heterocycles. The van der Waals surface area contributed by atoms with Gasteiger partial charge >= 0.3 is 0 Å². The van der Waals surface area contributed by atoms with Gasteiger partial charge in [-0.2, -0.15) is 5.26 Å². The predicted octanol–water partition coefficient (Wildman–Crippen LogP) is -0.0684. The van der Waals surface area contributed by atoms with Gasteiger partial charge < -0.3 is 4.57 Å². The molecule has 70 valence electrons. The van der Waals surface area contributed by atoms with Crippen LogP contribution in [0.3, 0.4) is 0 Å². The summed E-state index contributed by atoms with van der Waals surface area (Å²) in [6, 6.07) is 1.88. The predicted molar refractivity (Wildman–Crippen MR) is 47.0 cm³/mol. The van der Waals surface area contributed by atoms with Crippen molar-refractivity contribution in [2.75, 3.05) is 0 Å². The first-order chi connectivity index (χ1) is 6.79. The highest BCUT2D eigenvalue weighted by Crippen LogP contribution is 1.99. The average molecular weight is 188 g/mol. The van der Waals surface area contributed by atoms with E-state index in [9.17, 15) is 0 Å². The molecule has 0 saturated carbocycles. The van der Waals surface area contributed by atoms with E-state index in [1.54, 1.807) is 17.2 Å². The van der Waals surface area contributed by atoms with E-state index >= 15 is 0 Å². The first-order valence-corrected chi connectivity index (χ1v) is 4.04. The Bertz CT molecular complexity index is 474. The Hall–Kier alpha value is -2.16. The summed E-state index contributed by atoms with van der Waals surface area (Å²) < 4.78 is 3.50. The molecule has 0 unspecified atom stereocenters. The molecule has 14 heavy (non-hydrogen) atoms. The lowest BCUT2D eigenvalue weighted by atomic mass is 10.5. The van der Waals surface area contributed by atoms with Crippen molar-refractivity contribution in [2.24, 2.45) is 7.05 Å². The van der Waals surface area contributed by atoms with Crippen LogP contribution in [0.25, 0.3) is 0 Å². The molecule has 0 aliphatic carbocycles. The maximum absolute atomic E-state index is 8.53. The van der Waals surface area contributed by atoms with Crippen molar-refractivity contribution in [3.8, 4) is 6.07 Å². The van der Waals surface area contributed by atoms with Gasteiger partial charge in [0.25, 0.3) is 5.82 Å². The molecule has 0 bridgehead atoms. The molecule has 0 aliphatic heterocycles. The highest BCUT2D eigenvalue weighted by Gasteiger charge is 2.02. The van der Waals surface area contributed by atoms with E-state index in [0.29, 0.717) is 6.54 Å². The third-order valence-electron chi connectivity index (χ3n) is 1.88. The average Bonchev–Trinajstić information content (AvgIpc) is 2.77. The molecule has 0 atom stereocenters. The van der Waals surface area contributed by atoms with Gasteiger partial charge in [-0.1, -0.05) is 0 Å². The van der Waals surface area contributed by atoms with Crippen LogP contribution in [-0.4, -0.2) is 24.3 Å². The lowest BCUT2D eigenvalue weighted by Gasteiger charge is -2.00. The summed E-state index contributed by atoms with van der Waals surface area (Å²) >= 11 is 0. The largest absolute Gasteiger partial charge is 0.336 e. The van der Waals surface area contributed by atoms with Gasteiger partial charge in [0.1, 0.15) is 12.4 Å². The van der Waals surface area contributed by atoms with Crippen molar-refractivity contribution in [3.05, 3.63) is 30.4 Å². The van der Waals surface area contributed by atoms with E-state index < -0.39 is 0 Å². The Balaban J connectivity index is 2.20. The second kappa shape index (κ2) is 3.30. The van der Waals surface area contributed by atoms with Crippen LogP contribution in [0.5, 0.6) is 0 Å². The molecule has 2 aromatic heterocycles. The quantitative estimate of drug-likeness (QED) is 0.661. The summed E-state index contributed by atoms with van der Waals surface area (Å²) in [4.78, 5) is 7.79. The highest BCUT2D eigenvalue weighted by atomic mass is 15.3. The fourth-order valence-electron chi connectivity index (χ4n) is 1.12. The van der Waals surface area contributed by atoms with Crippen molar-refractivity contribution < 1.29 is 0 Å². The van der Waals surface area contributed by atoms with Gasteiger partial charge in [-0.3, -0.25) is 0 Å². The van der Waals surface area contributed by atoms with Crippen molar-refractivity contribution in [1.82, 2.24) is 24.3 Å². The molecule has 6 heteroatoms. The highest BCUT2D eigenvalue weighted by molar-refractivity contribution is 5.06. The van der Waals surface area contributed by atoms with Crippen LogP contribution in [0.1, 0.15) is 11.5 Å². The minimum Gasteiger partial charge on any atom is -0.336 e. The molecular weight excluding hydrogens is 180 g/mol. The van der Waals surface area contributed by atoms with Gasteiger partial charge in [-0.25, -0.2) is 14.6 Å². The summed E-state index contributed by atoms with van der Waals surface area (Å²) in [7, 11) is 1.91. The van der Waals surface area contributed by atoms with Gasteiger partial charge in [0.15, 0.2) is 0 Å². The van der Waals surface area contributed by atoms with E-state index in [4.69, 9.17) is 5.26 Å². The van der Waals surface area contributed by atoms with Crippen LogP contribution in [0.2, 0.25) is 0 Å². The smallest absolute Gasteiger partial charge is 0.252 e. The summed E-state index contributed by atoms with van der Waals surface area (Å²) in [6.45, 7) is 0.575.